The molecular weight excluding hydrogens is 256 g/mol. The number of aromatic nitrogens is 1. The molecule has 0 spiro atoms. The van der Waals surface area contributed by atoms with Gasteiger partial charge in [-0.05, 0) is 12.5 Å². The molecule has 1 atom stereocenters. The van der Waals surface area contributed by atoms with Crippen molar-refractivity contribution in [3.63, 3.8) is 0 Å². The van der Waals surface area contributed by atoms with Gasteiger partial charge in [-0.1, -0.05) is 25.1 Å². The van der Waals surface area contributed by atoms with Crippen LogP contribution in [0, 0.1) is 11.3 Å². The van der Waals surface area contributed by atoms with E-state index in [9.17, 15) is 0 Å². The maximum atomic E-state index is 9.09. The Kier molecular flexibility index (Phi) is 3.06. The van der Waals surface area contributed by atoms with Gasteiger partial charge >= 0.3 is 0 Å². The molecule has 0 radical (unpaired) electrons. The molecule has 0 bridgehead atoms. The highest BCUT2D eigenvalue weighted by atomic mass is 32.1. The van der Waals surface area contributed by atoms with Gasteiger partial charge in [-0.3, -0.25) is 0 Å². The minimum Gasteiger partial charge on any atom is -0.464 e. The van der Waals surface area contributed by atoms with Crippen molar-refractivity contribution in [2.75, 3.05) is 0 Å². The first-order valence-electron chi connectivity index (χ1n) is 6.15. The standard InChI is InChI=1S/C15H12N2OS/c1-2-10(7-16)15-17-13(9-19-15)12-8-18-14-6-4-3-5-11(12)14/h3-6,8-10H,2H2,1H3. The molecule has 2 heterocycles. The van der Waals surface area contributed by atoms with Gasteiger partial charge in [-0.2, -0.15) is 5.26 Å². The highest BCUT2D eigenvalue weighted by Crippen LogP contribution is 2.33. The van der Waals surface area contributed by atoms with Crippen molar-refractivity contribution < 1.29 is 4.42 Å². The first-order valence-corrected chi connectivity index (χ1v) is 7.03. The van der Waals surface area contributed by atoms with Crippen molar-refractivity contribution in [1.82, 2.24) is 4.98 Å². The lowest BCUT2D eigenvalue weighted by molar-refractivity contribution is 0.617. The summed E-state index contributed by atoms with van der Waals surface area (Å²) in [6, 6.07) is 10.2. The molecule has 1 aromatic carbocycles. The fourth-order valence-electron chi connectivity index (χ4n) is 2.07. The Bertz CT molecular complexity index is 751. The molecule has 3 rings (SSSR count). The molecular formula is C15H12N2OS. The number of hydrogen-bond donors (Lipinski definition) is 0. The normalized spacial score (nSPS) is 12.4. The Labute approximate surface area is 115 Å². The van der Waals surface area contributed by atoms with Crippen LogP contribution >= 0.6 is 11.3 Å². The molecule has 3 aromatic rings. The predicted molar refractivity (Wildman–Crippen MR) is 76.0 cm³/mol. The summed E-state index contributed by atoms with van der Waals surface area (Å²) in [5.41, 5.74) is 2.74. The van der Waals surface area contributed by atoms with Gasteiger partial charge in [0.15, 0.2) is 0 Å². The van der Waals surface area contributed by atoms with Gasteiger partial charge in [0.25, 0.3) is 0 Å². The number of rotatable bonds is 3. The first-order chi connectivity index (χ1) is 9.33. The quantitative estimate of drug-likeness (QED) is 0.699. The summed E-state index contributed by atoms with van der Waals surface area (Å²) >= 11 is 1.54. The second kappa shape index (κ2) is 4.87. The van der Waals surface area contributed by atoms with Gasteiger partial charge in [0, 0.05) is 16.3 Å². The van der Waals surface area contributed by atoms with E-state index in [0.717, 1.165) is 33.7 Å². The van der Waals surface area contributed by atoms with Gasteiger partial charge in [-0.15, -0.1) is 11.3 Å². The molecule has 0 N–H and O–H groups in total. The average Bonchev–Trinajstić information content (AvgIpc) is 3.06. The molecule has 19 heavy (non-hydrogen) atoms. The summed E-state index contributed by atoms with van der Waals surface area (Å²) in [5.74, 6) is -0.114. The number of para-hydroxylation sites is 1. The zero-order chi connectivity index (χ0) is 13.2. The zero-order valence-electron chi connectivity index (χ0n) is 10.5. The van der Waals surface area contributed by atoms with E-state index in [1.165, 1.54) is 11.3 Å². The summed E-state index contributed by atoms with van der Waals surface area (Å²) in [7, 11) is 0. The Morgan fingerprint density at radius 3 is 3.05 bits per heavy atom. The fourth-order valence-corrected chi connectivity index (χ4v) is 3.02. The van der Waals surface area contributed by atoms with E-state index in [2.05, 4.69) is 11.1 Å². The Hall–Kier alpha value is -2.12. The van der Waals surface area contributed by atoms with Crippen LogP contribution in [0.1, 0.15) is 24.3 Å². The lowest BCUT2D eigenvalue weighted by atomic mass is 10.1. The lowest BCUT2D eigenvalue weighted by Gasteiger charge is -1.99. The van der Waals surface area contributed by atoms with E-state index in [1.54, 1.807) is 6.26 Å². The topological polar surface area (TPSA) is 49.8 Å². The maximum Gasteiger partial charge on any atom is 0.134 e. The molecule has 0 aliphatic carbocycles. The largest absolute Gasteiger partial charge is 0.464 e. The molecule has 0 amide bonds. The smallest absolute Gasteiger partial charge is 0.134 e. The van der Waals surface area contributed by atoms with Crippen LogP contribution in [0.25, 0.3) is 22.2 Å². The highest BCUT2D eigenvalue weighted by molar-refractivity contribution is 7.10. The molecule has 0 saturated carbocycles. The van der Waals surface area contributed by atoms with Crippen molar-refractivity contribution in [3.05, 3.63) is 40.9 Å². The zero-order valence-corrected chi connectivity index (χ0v) is 11.3. The SMILES string of the molecule is CCC(C#N)c1nc(-c2coc3ccccc23)cs1. The van der Waals surface area contributed by atoms with Crippen LogP contribution < -0.4 is 0 Å². The number of thiazole rings is 1. The third-order valence-electron chi connectivity index (χ3n) is 3.14. The summed E-state index contributed by atoms with van der Waals surface area (Å²) in [4.78, 5) is 4.58. The van der Waals surface area contributed by atoms with E-state index in [0.29, 0.717) is 0 Å². The second-order valence-electron chi connectivity index (χ2n) is 4.31. The van der Waals surface area contributed by atoms with Crippen LogP contribution in [-0.4, -0.2) is 4.98 Å². The number of fused-ring (bicyclic) bond motifs is 1. The average molecular weight is 268 g/mol. The van der Waals surface area contributed by atoms with Crippen LogP contribution in [-0.2, 0) is 0 Å². The number of benzene rings is 1. The van der Waals surface area contributed by atoms with Gasteiger partial charge in [0.05, 0.1) is 17.7 Å². The Morgan fingerprint density at radius 1 is 1.42 bits per heavy atom. The van der Waals surface area contributed by atoms with Crippen molar-refractivity contribution in [1.29, 1.82) is 5.26 Å². The summed E-state index contributed by atoms with van der Waals surface area (Å²) in [6.07, 6.45) is 2.52. The van der Waals surface area contributed by atoms with Gasteiger partial charge in [0.1, 0.15) is 16.9 Å². The Morgan fingerprint density at radius 2 is 2.26 bits per heavy atom. The summed E-state index contributed by atoms with van der Waals surface area (Å²) in [5, 5.41) is 13.0. The maximum absolute atomic E-state index is 9.09. The van der Waals surface area contributed by atoms with Crippen LogP contribution in [0.3, 0.4) is 0 Å². The van der Waals surface area contributed by atoms with Crippen LogP contribution in [0.5, 0.6) is 0 Å². The third-order valence-corrected chi connectivity index (χ3v) is 4.10. The molecule has 3 nitrogen and oxygen atoms in total. The molecule has 0 fully saturated rings. The van der Waals surface area contributed by atoms with E-state index in [4.69, 9.17) is 9.68 Å². The van der Waals surface area contributed by atoms with Gasteiger partial charge in [-0.25, -0.2) is 4.98 Å². The fraction of sp³-hybridized carbons (Fsp3) is 0.200. The summed E-state index contributed by atoms with van der Waals surface area (Å²) < 4.78 is 5.53. The van der Waals surface area contributed by atoms with Crippen molar-refractivity contribution in [2.45, 2.75) is 19.3 Å². The molecule has 0 saturated heterocycles. The van der Waals surface area contributed by atoms with E-state index in [-0.39, 0.29) is 5.92 Å². The number of hydrogen-bond acceptors (Lipinski definition) is 4. The number of furan rings is 1. The molecule has 94 valence electrons. The molecule has 4 heteroatoms. The molecule has 1 unspecified atom stereocenters. The van der Waals surface area contributed by atoms with E-state index >= 15 is 0 Å². The minimum atomic E-state index is -0.114. The van der Waals surface area contributed by atoms with Crippen molar-refractivity contribution in [3.8, 4) is 17.3 Å². The monoisotopic (exact) mass is 268 g/mol. The molecule has 2 aromatic heterocycles. The van der Waals surface area contributed by atoms with Gasteiger partial charge < -0.3 is 4.42 Å². The molecule has 0 aliphatic heterocycles. The molecule has 0 aliphatic rings. The highest BCUT2D eigenvalue weighted by Gasteiger charge is 2.15. The number of nitriles is 1. The van der Waals surface area contributed by atoms with Gasteiger partial charge in [0.2, 0.25) is 0 Å². The van der Waals surface area contributed by atoms with Crippen molar-refractivity contribution >= 4 is 22.3 Å². The first kappa shape index (κ1) is 11.9. The van der Waals surface area contributed by atoms with Crippen LogP contribution in [0.2, 0.25) is 0 Å². The van der Waals surface area contributed by atoms with Crippen molar-refractivity contribution in [2.24, 2.45) is 0 Å². The predicted octanol–water partition coefficient (Wildman–Crippen LogP) is 4.57. The lowest BCUT2D eigenvalue weighted by Crippen LogP contribution is -1.92. The van der Waals surface area contributed by atoms with Crippen LogP contribution in [0.15, 0.2) is 40.3 Å². The third kappa shape index (κ3) is 2.02. The van der Waals surface area contributed by atoms with E-state index < -0.39 is 0 Å². The minimum absolute atomic E-state index is 0.114. The number of nitrogens with zero attached hydrogens (tertiary/aromatic N) is 2. The van der Waals surface area contributed by atoms with Crippen LogP contribution in [0.4, 0.5) is 0 Å². The second-order valence-corrected chi connectivity index (χ2v) is 5.20. The Balaban J connectivity index is 2.06. The summed E-state index contributed by atoms with van der Waals surface area (Å²) in [6.45, 7) is 2.00. The van der Waals surface area contributed by atoms with E-state index in [1.807, 2.05) is 36.6 Å².